The summed E-state index contributed by atoms with van der Waals surface area (Å²) in [7, 11) is 0. The topological polar surface area (TPSA) is 46.6 Å². The molecule has 1 unspecified atom stereocenters. The smallest absolute Gasteiger partial charge is 0.410 e. The highest BCUT2D eigenvalue weighted by Gasteiger charge is 2.24. The number of hydrogen-bond donors (Lipinski definition) is 0. The Kier molecular flexibility index (Phi) is 6.52. The van der Waals surface area contributed by atoms with Crippen LogP contribution in [0.15, 0.2) is 30.3 Å². The molecule has 0 bridgehead atoms. The van der Waals surface area contributed by atoms with Crippen LogP contribution in [-0.2, 0) is 16.1 Å². The predicted molar refractivity (Wildman–Crippen MR) is 78.9 cm³/mol. The Morgan fingerprint density at radius 2 is 2.00 bits per heavy atom. The molecule has 1 aliphatic heterocycles. The number of ketones is 1. The molecule has 2 rings (SSSR count). The van der Waals surface area contributed by atoms with Gasteiger partial charge < -0.3 is 9.64 Å². The maximum Gasteiger partial charge on any atom is 0.410 e. The number of hydrogen-bond acceptors (Lipinski definition) is 3. The Bertz CT molecular complexity index is 450. The van der Waals surface area contributed by atoms with Crippen molar-refractivity contribution in [1.82, 2.24) is 4.90 Å². The van der Waals surface area contributed by atoms with Crippen molar-refractivity contribution in [1.29, 1.82) is 0 Å². The summed E-state index contributed by atoms with van der Waals surface area (Å²) in [4.78, 5) is 25.1. The molecule has 5 heteroatoms. The lowest BCUT2D eigenvalue weighted by atomic mass is 10.0. The fraction of sp³-hybridized carbons (Fsp3) is 0.467. The summed E-state index contributed by atoms with van der Waals surface area (Å²) in [5.74, 6) is 0.283. The summed E-state index contributed by atoms with van der Waals surface area (Å²) in [5.41, 5.74) is 0.968. The average molecular weight is 298 g/mol. The van der Waals surface area contributed by atoms with Crippen LogP contribution >= 0.6 is 12.4 Å². The van der Waals surface area contributed by atoms with E-state index < -0.39 is 0 Å². The second-order valence-corrected chi connectivity index (χ2v) is 4.93. The third kappa shape index (κ3) is 4.53. The summed E-state index contributed by atoms with van der Waals surface area (Å²) < 4.78 is 5.27. The Balaban J connectivity index is 0.00000200. The Morgan fingerprint density at radius 1 is 1.30 bits per heavy atom. The van der Waals surface area contributed by atoms with Crippen LogP contribution in [0.2, 0.25) is 0 Å². The Morgan fingerprint density at radius 3 is 2.70 bits per heavy atom. The maximum atomic E-state index is 11.9. The van der Waals surface area contributed by atoms with Crippen molar-refractivity contribution < 1.29 is 14.3 Å². The lowest BCUT2D eigenvalue weighted by Crippen LogP contribution is -2.32. The number of carbonyl (C=O) groups excluding carboxylic acids is 2. The molecule has 0 aromatic heterocycles. The maximum absolute atomic E-state index is 11.9. The quantitative estimate of drug-likeness (QED) is 0.843. The van der Waals surface area contributed by atoms with Crippen molar-refractivity contribution >= 4 is 24.3 Å². The Hall–Kier alpha value is -1.55. The minimum atomic E-state index is -0.328. The van der Waals surface area contributed by atoms with E-state index >= 15 is 0 Å². The van der Waals surface area contributed by atoms with E-state index in [4.69, 9.17) is 4.74 Å². The van der Waals surface area contributed by atoms with Crippen molar-refractivity contribution in [3.05, 3.63) is 35.9 Å². The molecule has 4 nitrogen and oxygen atoms in total. The highest BCUT2D eigenvalue weighted by atomic mass is 35.5. The fourth-order valence-electron chi connectivity index (χ4n) is 2.11. The molecule has 1 amide bonds. The van der Waals surface area contributed by atoms with Crippen LogP contribution in [0.4, 0.5) is 4.79 Å². The number of Topliss-reactive ketones (excluding diaryl/α,β-unsaturated/α-hetero) is 1. The molecule has 110 valence electrons. The third-order valence-corrected chi connectivity index (χ3v) is 3.47. The van der Waals surface area contributed by atoms with Gasteiger partial charge in [0, 0.05) is 25.4 Å². The van der Waals surface area contributed by atoms with E-state index in [0.717, 1.165) is 12.0 Å². The molecule has 1 fully saturated rings. The first-order valence-electron chi connectivity index (χ1n) is 6.65. The van der Waals surface area contributed by atoms with E-state index in [1.54, 1.807) is 4.90 Å². The number of ether oxygens (including phenoxy) is 1. The SMILES string of the molecule is CC1CCN(C(=O)OCc2ccccc2)CCC1=O.Cl. The van der Waals surface area contributed by atoms with Gasteiger partial charge in [0.15, 0.2) is 0 Å². The molecular weight excluding hydrogens is 278 g/mol. The van der Waals surface area contributed by atoms with Crippen molar-refractivity contribution in [2.24, 2.45) is 5.92 Å². The zero-order valence-corrected chi connectivity index (χ0v) is 12.4. The molecule has 0 radical (unpaired) electrons. The van der Waals surface area contributed by atoms with Gasteiger partial charge in [-0.3, -0.25) is 4.79 Å². The van der Waals surface area contributed by atoms with Gasteiger partial charge in [0.25, 0.3) is 0 Å². The molecule has 1 heterocycles. The zero-order valence-electron chi connectivity index (χ0n) is 11.6. The highest BCUT2D eigenvalue weighted by Crippen LogP contribution is 2.14. The van der Waals surface area contributed by atoms with Gasteiger partial charge in [-0.15, -0.1) is 12.4 Å². The van der Waals surface area contributed by atoms with Crippen LogP contribution in [0, 0.1) is 5.92 Å². The molecule has 1 aromatic carbocycles. The summed E-state index contributed by atoms with van der Waals surface area (Å²) in [6.45, 7) is 3.26. The summed E-state index contributed by atoms with van der Waals surface area (Å²) in [6.07, 6.45) is 0.826. The summed E-state index contributed by atoms with van der Waals surface area (Å²) in [5, 5.41) is 0. The monoisotopic (exact) mass is 297 g/mol. The minimum absolute atomic E-state index is 0. The lowest BCUT2D eigenvalue weighted by molar-refractivity contribution is -0.122. The lowest BCUT2D eigenvalue weighted by Gasteiger charge is -2.19. The van der Waals surface area contributed by atoms with Gasteiger partial charge in [0.2, 0.25) is 0 Å². The van der Waals surface area contributed by atoms with Gasteiger partial charge in [0.05, 0.1) is 0 Å². The van der Waals surface area contributed by atoms with Crippen molar-refractivity contribution in [3.63, 3.8) is 0 Å². The zero-order chi connectivity index (χ0) is 13.7. The van der Waals surface area contributed by atoms with Crippen LogP contribution in [0.25, 0.3) is 0 Å². The molecule has 0 saturated carbocycles. The first-order chi connectivity index (χ1) is 9.16. The van der Waals surface area contributed by atoms with E-state index in [9.17, 15) is 9.59 Å². The normalized spacial score (nSPS) is 18.9. The number of nitrogens with zero attached hydrogens (tertiary/aromatic N) is 1. The number of amides is 1. The van der Waals surface area contributed by atoms with Gasteiger partial charge in [-0.25, -0.2) is 4.79 Å². The molecule has 0 aliphatic carbocycles. The minimum Gasteiger partial charge on any atom is -0.445 e. The fourth-order valence-corrected chi connectivity index (χ4v) is 2.11. The van der Waals surface area contributed by atoms with Gasteiger partial charge in [0.1, 0.15) is 12.4 Å². The van der Waals surface area contributed by atoms with Crippen LogP contribution in [0.3, 0.4) is 0 Å². The second kappa shape index (κ2) is 7.90. The predicted octanol–water partition coefficient (Wildman–Crippen LogP) is 3.05. The summed E-state index contributed by atoms with van der Waals surface area (Å²) >= 11 is 0. The van der Waals surface area contributed by atoms with Gasteiger partial charge in [-0.1, -0.05) is 37.3 Å². The molecule has 20 heavy (non-hydrogen) atoms. The number of benzene rings is 1. The van der Waals surface area contributed by atoms with Crippen LogP contribution in [0.5, 0.6) is 0 Å². The van der Waals surface area contributed by atoms with Crippen molar-refractivity contribution in [2.75, 3.05) is 13.1 Å². The third-order valence-electron chi connectivity index (χ3n) is 3.47. The molecule has 1 atom stereocenters. The highest BCUT2D eigenvalue weighted by molar-refractivity contribution is 5.85. The van der Waals surface area contributed by atoms with Crippen LogP contribution < -0.4 is 0 Å². The molecule has 1 aromatic rings. The molecular formula is C15H20ClNO3. The van der Waals surface area contributed by atoms with Crippen LogP contribution in [0.1, 0.15) is 25.3 Å². The van der Waals surface area contributed by atoms with Crippen molar-refractivity contribution in [2.45, 2.75) is 26.4 Å². The summed E-state index contributed by atoms with van der Waals surface area (Å²) in [6, 6.07) is 9.58. The number of rotatable bonds is 2. The van der Waals surface area contributed by atoms with E-state index in [1.807, 2.05) is 37.3 Å². The van der Waals surface area contributed by atoms with Gasteiger partial charge in [-0.2, -0.15) is 0 Å². The largest absolute Gasteiger partial charge is 0.445 e. The second-order valence-electron chi connectivity index (χ2n) is 4.93. The number of halogens is 1. The first-order valence-corrected chi connectivity index (χ1v) is 6.65. The van der Waals surface area contributed by atoms with Gasteiger partial charge >= 0.3 is 6.09 Å². The van der Waals surface area contributed by atoms with Crippen LogP contribution in [-0.4, -0.2) is 29.9 Å². The van der Waals surface area contributed by atoms with E-state index in [-0.39, 0.29) is 36.8 Å². The number of likely N-dealkylation sites (tertiary alicyclic amines) is 1. The van der Waals surface area contributed by atoms with Gasteiger partial charge in [-0.05, 0) is 12.0 Å². The number of carbonyl (C=O) groups is 2. The standard InChI is InChI=1S/C15H19NO3.ClH/c1-12-7-9-16(10-8-14(12)17)15(18)19-11-13-5-3-2-4-6-13;/h2-6,12H,7-11H2,1H3;1H. The molecule has 1 aliphatic rings. The van der Waals surface area contributed by atoms with E-state index in [2.05, 4.69) is 0 Å². The van der Waals surface area contributed by atoms with Crippen molar-refractivity contribution in [3.8, 4) is 0 Å². The average Bonchev–Trinajstić information content (AvgIpc) is 2.60. The molecule has 0 spiro atoms. The van der Waals surface area contributed by atoms with E-state index in [1.165, 1.54) is 0 Å². The first kappa shape index (κ1) is 16.5. The molecule has 0 N–H and O–H groups in total. The van der Waals surface area contributed by atoms with E-state index in [0.29, 0.717) is 19.5 Å². The Labute approximate surface area is 125 Å². The molecule has 1 saturated heterocycles.